The summed E-state index contributed by atoms with van der Waals surface area (Å²) in [5.41, 5.74) is -0.629. The predicted molar refractivity (Wildman–Crippen MR) is 64.2 cm³/mol. The van der Waals surface area contributed by atoms with E-state index in [1.807, 2.05) is 0 Å². The van der Waals surface area contributed by atoms with Crippen molar-refractivity contribution in [2.45, 2.75) is 51.6 Å². The van der Waals surface area contributed by atoms with Gasteiger partial charge in [-0.2, -0.15) is 4.80 Å². The highest BCUT2D eigenvalue weighted by atomic mass is 16.3. The van der Waals surface area contributed by atoms with Gasteiger partial charge in [0.1, 0.15) is 0 Å². The molecular weight excluding hydrogens is 216 g/mol. The Labute approximate surface area is 102 Å². The van der Waals surface area contributed by atoms with Crippen molar-refractivity contribution in [2.75, 3.05) is 0 Å². The first-order chi connectivity index (χ1) is 7.98. The van der Waals surface area contributed by atoms with Crippen LogP contribution in [0.15, 0.2) is 0 Å². The quantitative estimate of drug-likeness (QED) is 0.863. The molecule has 0 radical (unpaired) electrons. The van der Waals surface area contributed by atoms with Gasteiger partial charge in [0.05, 0.1) is 12.6 Å². The lowest BCUT2D eigenvalue weighted by molar-refractivity contribution is -0.0254. The van der Waals surface area contributed by atoms with Gasteiger partial charge in [-0.25, -0.2) is 0 Å². The smallest absolute Gasteiger partial charge is 0.177 e. The molecule has 0 aliphatic heterocycles. The maximum absolute atomic E-state index is 10.6. The highest BCUT2D eigenvalue weighted by molar-refractivity contribution is 4.95. The molecule has 0 amide bonds. The summed E-state index contributed by atoms with van der Waals surface area (Å²) in [6, 6.07) is 0. The zero-order valence-electron chi connectivity index (χ0n) is 10.9. The van der Waals surface area contributed by atoms with Crippen LogP contribution in [0.4, 0.5) is 0 Å². The number of aryl methyl sites for hydroxylation is 1. The second-order valence-electron chi connectivity index (χ2n) is 5.70. The van der Waals surface area contributed by atoms with E-state index in [1.54, 1.807) is 7.05 Å². The largest absolute Gasteiger partial charge is 0.389 e. The average molecular weight is 238 g/mol. The molecular formula is C12H22N4O. The van der Waals surface area contributed by atoms with Crippen molar-refractivity contribution < 1.29 is 5.11 Å². The first-order valence-electron chi connectivity index (χ1n) is 6.44. The first kappa shape index (κ1) is 12.5. The third kappa shape index (κ3) is 3.03. The van der Waals surface area contributed by atoms with E-state index in [4.69, 9.17) is 0 Å². The van der Waals surface area contributed by atoms with Crippen LogP contribution in [0.1, 0.15) is 45.4 Å². The van der Waals surface area contributed by atoms with Crippen LogP contribution >= 0.6 is 0 Å². The van der Waals surface area contributed by atoms with Gasteiger partial charge in [-0.3, -0.25) is 0 Å². The van der Waals surface area contributed by atoms with Crippen molar-refractivity contribution in [3.05, 3.63) is 5.82 Å². The third-order valence-electron chi connectivity index (χ3n) is 3.84. The lowest BCUT2D eigenvalue weighted by Gasteiger charge is -2.37. The van der Waals surface area contributed by atoms with Crippen molar-refractivity contribution in [3.8, 4) is 0 Å². The molecule has 0 aromatic carbocycles. The maximum Gasteiger partial charge on any atom is 0.177 e. The zero-order valence-corrected chi connectivity index (χ0v) is 10.9. The normalized spacial score (nSPS) is 29.8. The van der Waals surface area contributed by atoms with E-state index < -0.39 is 5.60 Å². The molecule has 1 aromatic heterocycles. The highest BCUT2D eigenvalue weighted by Crippen LogP contribution is 2.37. The second-order valence-corrected chi connectivity index (χ2v) is 5.70. The van der Waals surface area contributed by atoms with Crippen LogP contribution in [0.5, 0.6) is 0 Å². The molecule has 1 aliphatic carbocycles. The van der Waals surface area contributed by atoms with Crippen LogP contribution in [0.3, 0.4) is 0 Å². The van der Waals surface area contributed by atoms with E-state index in [-0.39, 0.29) is 0 Å². The van der Waals surface area contributed by atoms with E-state index in [2.05, 4.69) is 29.3 Å². The Kier molecular flexibility index (Phi) is 3.47. The van der Waals surface area contributed by atoms with Crippen molar-refractivity contribution in [1.29, 1.82) is 0 Å². The van der Waals surface area contributed by atoms with Gasteiger partial charge in [-0.1, -0.05) is 20.3 Å². The molecule has 1 aromatic rings. The molecule has 1 saturated carbocycles. The molecule has 2 unspecified atom stereocenters. The van der Waals surface area contributed by atoms with Crippen LogP contribution < -0.4 is 0 Å². The topological polar surface area (TPSA) is 63.8 Å². The Hall–Kier alpha value is -0.970. The number of rotatable bonds is 3. The van der Waals surface area contributed by atoms with Crippen LogP contribution in [-0.2, 0) is 13.5 Å². The molecule has 0 saturated heterocycles. The molecule has 1 fully saturated rings. The minimum Gasteiger partial charge on any atom is -0.389 e. The fraction of sp³-hybridized carbons (Fsp3) is 0.917. The highest BCUT2D eigenvalue weighted by Gasteiger charge is 2.36. The summed E-state index contributed by atoms with van der Waals surface area (Å²) in [4.78, 5) is 1.45. The van der Waals surface area contributed by atoms with Crippen LogP contribution in [0.2, 0.25) is 0 Å². The van der Waals surface area contributed by atoms with Gasteiger partial charge < -0.3 is 5.11 Å². The number of aliphatic hydroxyl groups is 1. The van der Waals surface area contributed by atoms with E-state index in [0.717, 1.165) is 19.3 Å². The lowest BCUT2D eigenvalue weighted by Crippen LogP contribution is -2.39. The fourth-order valence-electron chi connectivity index (χ4n) is 2.80. The molecule has 1 aliphatic rings. The molecule has 17 heavy (non-hydrogen) atoms. The van der Waals surface area contributed by atoms with E-state index in [0.29, 0.717) is 24.1 Å². The molecule has 2 atom stereocenters. The lowest BCUT2D eigenvalue weighted by atomic mass is 9.72. The summed E-state index contributed by atoms with van der Waals surface area (Å²) < 4.78 is 0. The Bertz CT molecular complexity index is 376. The fourth-order valence-corrected chi connectivity index (χ4v) is 2.80. The van der Waals surface area contributed by atoms with E-state index >= 15 is 0 Å². The van der Waals surface area contributed by atoms with Crippen LogP contribution in [0, 0.1) is 11.8 Å². The second kappa shape index (κ2) is 4.72. The molecule has 5 heteroatoms. The summed E-state index contributed by atoms with van der Waals surface area (Å²) in [6.07, 6.45) is 4.58. The third-order valence-corrected chi connectivity index (χ3v) is 3.84. The number of tetrazole rings is 1. The van der Waals surface area contributed by atoms with Crippen molar-refractivity contribution in [2.24, 2.45) is 18.9 Å². The Morgan fingerprint density at radius 1 is 1.53 bits per heavy atom. The molecule has 5 nitrogen and oxygen atoms in total. The number of aromatic nitrogens is 4. The van der Waals surface area contributed by atoms with Gasteiger partial charge in [-0.15, -0.1) is 10.2 Å². The molecule has 1 N–H and O–H groups in total. The molecule has 96 valence electrons. The van der Waals surface area contributed by atoms with Crippen LogP contribution in [0.25, 0.3) is 0 Å². The van der Waals surface area contributed by atoms with Gasteiger partial charge in [0.15, 0.2) is 5.82 Å². The summed E-state index contributed by atoms with van der Waals surface area (Å²) in [5, 5.41) is 22.6. The Morgan fingerprint density at radius 2 is 2.29 bits per heavy atom. The minimum absolute atomic E-state index is 0.532. The van der Waals surface area contributed by atoms with Gasteiger partial charge in [0, 0.05) is 6.42 Å². The van der Waals surface area contributed by atoms with Crippen LogP contribution in [-0.4, -0.2) is 30.9 Å². The zero-order chi connectivity index (χ0) is 12.5. The summed E-state index contributed by atoms with van der Waals surface area (Å²) in [5.74, 6) is 1.90. The van der Waals surface area contributed by atoms with Gasteiger partial charge in [0.25, 0.3) is 0 Å². The maximum atomic E-state index is 10.6. The summed E-state index contributed by atoms with van der Waals surface area (Å²) >= 11 is 0. The predicted octanol–water partition coefficient (Wildman–Crippen LogP) is 1.33. The molecule has 0 spiro atoms. The Morgan fingerprint density at radius 3 is 2.88 bits per heavy atom. The minimum atomic E-state index is -0.629. The van der Waals surface area contributed by atoms with E-state index in [9.17, 15) is 5.11 Å². The van der Waals surface area contributed by atoms with Crippen molar-refractivity contribution >= 4 is 0 Å². The van der Waals surface area contributed by atoms with Gasteiger partial charge in [0.2, 0.25) is 0 Å². The average Bonchev–Trinajstić information content (AvgIpc) is 2.63. The number of hydrogen-bond acceptors (Lipinski definition) is 4. The Balaban J connectivity index is 2.03. The first-order valence-corrected chi connectivity index (χ1v) is 6.44. The summed E-state index contributed by atoms with van der Waals surface area (Å²) in [7, 11) is 1.75. The number of nitrogens with zero attached hydrogens (tertiary/aromatic N) is 4. The van der Waals surface area contributed by atoms with Gasteiger partial charge in [-0.05, 0) is 36.3 Å². The SMILES string of the molecule is CC(C)C1CCCC(O)(Cc2nnn(C)n2)C1. The monoisotopic (exact) mass is 238 g/mol. The molecule has 0 bridgehead atoms. The van der Waals surface area contributed by atoms with Crippen molar-refractivity contribution in [1.82, 2.24) is 20.2 Å². The molecule has 1 heterocycles. The van der Waals surface area contributed by atoms with Gasteiger partial charge >= 0.3 is 0 Å². The molecule has 2 rings (SSSR count). The number of hydrogen-bond donors (Lipinski definition) is 1. The standard InChI is InChI=1S/C12H22N4O/c1-9(2)10-5-4-6-12(17,7-10)8-11-13-15-16(3)14-11/h9-10,17H,4-8H2,1-3H3. The van der Waals surface area contributed by atoms with Crippen molar-refractivity contribution in [3.63, 3.8) is 0 Å². The summed E-state index contributed by atoms with van der Waals surface area (Å²) in [6.45, 7) is 4.47. The van der Waals surface area contributed by atoms with E-state index in [1.165, 1.54) is 11.2 Å².